The zero-order chi connectivity index (χ0) is 20.3. The van der Waals surface area contributed by atoms with Crippen LogP contribution in [-0.2, 0) is 0 Å². The van der Waals surface area contributed by atoms with Gasteiger partial charge in [0.05, 0.1) is 18.3 Å². The molecular weight excluding hydrogens is 426 g/mol. The van der Waals surface area contributed by atoms with Crippen LogP contribution in [0.1, 0.15) is 6.42 Å². The lowest BCUT2D eigenvalue weighted by Crippen LogP contribution is -2.39. The Morgan fingerprint density at radius 2 is 1.81 bits per heavy atom. The second-order valence-corrected chi connectivity index (χ2v) is 7.05. The van der Waals surface area contributed by atoms with Gasteiger partial charge in [-0.2, -0.15) is 0 Å². The van der Waals surface area contributed by atoms with Gasteiger partial charge in [0.1, 0.15) is 24.0 Å². The van der Waals surface area contributed by atoms with Crippen LogP contribution in [0.25, 0.3) is 11.0 Å². The van der Waals surface area contributed by atoms with Crippen molar-refractivity contribution in [2.75, 3.05) is 33.1 Å². The monoisotopic (exact) mass is 447 g/mol. The summed E-state index contributed by atoms with van der Waals surface area (Å²) in [5, 5.41) is 3.88. The molecule has 2 aliphatic rings. The largest absolute Gasteiger partial charge is 0.494 e. The zero-order valence-electron chi connectivity index (χ0n) is 16.6. The van der Waals surface area contributed by atoms with Crippen LogP contribution in [-0.4, -0.2) is 39.2 Å². The van der Waals surface area contributed by atoms with E-state index in [2.05, 4.69) is 5.32 Å². The average Bonchev–Trinajstić information content (AvgIpc) is 3.22. The van der Waals surface area contributed by atoms with Gasteiger partial charge in [-0.15, -0.1) is 12.4 Å². The van der Waals surface area contributed by atoms with E-state index in [1.165, 1.54) is 12.3 Å². The van der Waals surface area contributed by atoms with Crippen LogP contribution in [0.4, 0.5) is 0 Å². The molecule has 8 nitrogen and oxygen atoms in total. The van der Waals surface area contributed by atoms with Crippen LogP contribution in [0.5, 0.6) is 28.7 Å². The molecule has 0 saturated heterocycles. The van der Waals surface area contributed by atoms with Gasteiger partial charge in [-0.3, -0.25) is 4.79 Å². The summed E-state index contributed by atoms with van der Waals surface area (Å²) in [7, 11) is 0. The van der Waals surface area contributed by atoms with Gasteiger partial charge < -0.3 is 33.4 Å². The Labute approximate surface area is 184 Å². The van der Waals surface area contributed by atoms with Gasteiger partial charge in [-0.05, 0) is 31.2 Å². The second-order valence-electron chi connectivity index (χ2n) is 7.05. The first-order valence-electron chi connectivity index (χ1n) is 9.84. The molecule has 31 heavy (non-hydrogen) atoms. The van der Waals surface area contributed by atoms with Gasteiger partial charge in [0, 0.05) is 24.7 Å². The minimum atomic E-state index is -0.0847. The molecule has 0 aliphatic carbocycles. The SMILES string of the molecule is Cl.O=c1ccoc2ccc(OCCCNCC3COc4cc5c(cc4O3)OCO5)cc12. The average molecular weight is 448 g/mol. The molecule has 2 aromatic carbocycles. The van der Waals surface area contributed by atoms with Crippen LogP contribution in [0, 0.1) is 0 Å². The van der Waals surface area contributed by atoms with Crippen LogP contribution in [0.15, 0.2) is 51.9 Å². The van der Waals surface area contributed by atoms with Crippen molar-refractivity contribution in [3.05, 3.63) is 52.9 Å². The van der Waals surface area contributed by atoms with Crippen LogP contribution < -0.4 is 34.4 Å². The molecule has 5 rings (SSSR count). The van der Waals surface area contributed by atoms with Crippen LogP contribution in [0.3, 0.4) is 0 Å². The predicted molar refractivity (Wildman–Crippen MR) is 115 cm³/mol. The fourth-order valence-corrected chi connectivity index (χ4v) is 3.41. The quantitative estimate of drug-likeness (QED) is 0.553. The summed E-state index contributed by atoms with van der Waals surface area (Å²) in [5.74, 6) is 3.35. The molecule has 3 aromatic rings. The third-order valence-corrected chi connectivity index (χ3v) is 4.93. The molecule has 9 heteroatoms. The van der Waals surface area contributed by atoms with Gasteiger partial charge >= 0.3 is 0 Å². The Kier molecular flexibility index (Phi) is 6.39. The number of ether oxygens (including phenoxy) is 5. The molecule has 1 aromatic heterocycles. The molecule has 0 fully saturated rings. The third-order valence-electron chi connectivity index (χ3n) is 4.93. The summed E-state index contributed by atoms with van der Waals surface area (Å²) in [4.78, 5) is 11.9. The third kappa shape index (κ3) is 4.65. The summed E-state index contributed by atoms with van der Waals surface area (Å²) in [5.41, 5.74) is 0.473. The van der Waals surface area contributed by atoms with Crippen molar-refractivity contribution in [2.24, 2.45) is 0 Å². The van der Waals surface area contributed by atoms with E-state index in [-0.39, 0.29) is 30.7 Å². The molecule has 164 valence electrons. The summed E-state index contributed by atoms with van der Waals surface area (Å²) < 4.78 is 33.6. The van der Waals surface area contributed by atoms with Crippen molar-refractivity contribution in [3.63, 3.8) is 0 Å². The summed E-state index contributed by atoms with van der Waals surface area (Å²) in [6.45, 7) is 2.65. The number of fused-ring (bicyclic) bond motifs is 3. The minimum absolute atomic E-state index is 0. The maximum absolute atomic E-state index is 11.9. The van der Waals surface area contributed by atoms with Crippen LogP contribution >= 0.6 is 12.4 Å². The van der Waals surface area contributed by atoms with Gasteiger partial charge in [0.2, 0.25) is 6.79 Å². The van der Waals surface area contributed by atoms with Crippen molar-refractivity contribution >= 4 is 23.4 Å². The van der Waals surface area contributed by atoms with E-state index in [0.29, 0.717) is 59.5 Å². The summed E-state index contributed by atoms with van der Waals surface area (Å²) >= 11 is 0. The zero-order valence-corrected chi connectivity index (χ0v) is 17.4. The topological polar surface area (TPSA) is 88.4 Å². The molecular formula is C22H22ClNO7. The van der Waals surface area contributed by atoms with Crippen molar-refractivity contribution in [1.29, 1.82) is 0 Å². The lowest BCUT2D eigenvalue weighted by molar-refractivity contribution is 0.0899. The Morgan fingerprint density at radius 1 is 1.00 bits per heavy atom. The molecule has 0 radical (unpaired) electrons. The number of halogens is 1. The van der Waals surface area contributed by atoms with E-state index >= 15 is 0 Å². The van der Waals surface area contributed by atoms with Gasteiger partial charge in [0.25, 0.3) is 0 Å². The Balaban J connectivity index is 0.00000231. The van der Waals surface area contributed by atoms with Crippen molar-refractivity contribution in [2.45, 2.75) is 12.5 Å². The number of hydrogen-bond acceptors (Lipinski definition) is 8. The highest BCUT2D eigenvalue weighted by Crippen LogP contribution is 2.43. The van der Waals surface area contributed by atoms with E-state index in [0.717, 1.165) is 13.0 Å². The molecule has 3 heterocycles. The lowest BCUT2D eigenvalue weighted by atomic mass is 10.2. The number of benzene rings is 2. The molecule has 0 bridgehead atoms. The van der Waals surface area contributed by atoms with Crippen molar-refractivity contribution < 1.29 is 28.1 Å². The highest BCUT2D eigenvalue weighted by atomic mass is 35.5. The highest BCUT2D eigenvalue weighted by Gasteiger charge is 2.25. The van der Waals surface area contributed by atoms with Crippen molar-refractivity contribution in [3.8, 4) is 28.7 Å². The van der Waals surface area contributed by atoms with Gasteiger partial charge in [0.15, 0.2) is 28.4 Å². The van der Waals surface area contributed by atoms with E-state index < -0.39 is 0 Å². The van der Waals surface area contributed by atoms with E-state index in [9.17, 15) is 4.79 Å². The van der Waals surface area contributed by atoms with Gasteiger partial charge in [-0.1, -0.05) is 0 Å². The normalized spacial score (nSPS) is 16.1. The molecule has 1 atom stereocenters. The van der Waals surface area contributed by atoms with Crippen LogP contribution in [0.2, 0.25) is 0 Å². The molecule has 2 aliphatic heterocycles. The molecule has 0 spiro atoms. The first-order valence-corrected chi connectivity index (χ1v) is 9.84. The minimum Gasteiger partial charge on any atom is -0.494 e. The molecule has 1 unspecified atom stereocenters. The highest BCUT2D eigenvalue weighted by molar-refractivity contribution is 5.85. The second kappa shape index (κ2) is 9.36. The standard InChI is InChI=1S/C22H21NO7.ClH/c24-17-4-7-26-18-3-2-14(8-16(17)18)25-6-1-5-23-11-15-12-27-21-9-19-20(29-13-28-19)10-22(21)30-15;/h2-4,7-10,15,23H,1,5-6,11-13H2;1H. The Bertz CT molecular complexity index is 1120. The first kappa shape index (κ1) is 21.1. The number of nitrogens with one attached hydrogen (secondary N) is 1. The molecule has 0 amide bonds. The first-order chi connectivity index (χ1) is 14.8. The number of hydrogen-bond donors (Lipinski definition) is 1. The van der Waals surface area contributed by atoms with E-state index in [4.69, 9.17) is 28.1 Å². The maximum Gasteiger partial charge on any atom is 0.231 e. The Hall–Kier alpha value is -3.10. The fraction of sp³-hybridized carbons (Fsp3) is 0.318. The van der Waals surface area contributed by atoms with Gasteiger partial charge in [-0.25, -0.2) is 0 Å². The maximum atomic E-state index is 11.9. The molecule has 0 saturated carbocycles. The lowest BCUT2D eigenvalue weighted by Gasteiger charge is -2.27. The fourth-order valence-electron chi connectivity index (χ4n) is 3.41. The molecule has 1 N–H and O–H groups in total. The smallest absolute Gasteiger partial charge is 0.231 e. The van der Waals surface area contributed by atoms with E-state index in [1.807, 2.05) is 6.07 Å². The Morgan fingerprint density at radius 3 is 2.68 bits per heavy atom. The number of rotatable bonds is 7. The predicted octanol–water partition coefficient (Wildman–Crippen LogP) is 3.14. The van der Waals surface area contributed by atoms with Crippen molar-refractivity contribution in [1.82, 2.24) is 5.32 Å². The summed E-state index contributed by atoms with van der Waals surface area (Å²) in [6.07, 6.45) is 2.12. The summed E-state index contributed by atoms with van der Waals surface area (Å²) in [6, 6.07) is 10.3. The van der Waals surface area contributed by atoms with E-state index in [1.54, 1.807) is 24.3 Å².